The van der Waals surface area contributed by atoms with E-state index in [-0.39, 0.29) is 24.0 Å². The number of ether oxygens (including phenoxy) is 2. The molecule has 0 radical (unpaired) electrons. The molecule has 0 aliphatic carbocycles. The third-order valence-corrected chi connectivity index (χ3v) is 4.63. The molecule has 0 spiro atoms. The maximum atomic E-state index is 5.64. The van der Waals surface area contributed by atoms with E-state index in [1.807, 2.05) is 32.0 Å². The summed E-state index contributed by atoms with van der Waals surface area (Å²) in [6.07, 6.45) is 0. The van der Waals surface area contributed by atoms with Gasteiger partial charge in [-0.15, -0.1) is 35.3 Å². The first-order valence-corrected chi connectivity index (χ1v) is 9.02. The lowest BCUT2D eigenvalue weighted by atomic mass is 10.2. The van der Waals surface area contributed by atoms with E-state index in [1.54, 1.807) is 25.5 Å². The average Bonchev–Trinajstić information content (AvgIpc) is 2.93. The number of guanidine groups is 1. The largest absolute Gasteiger partial charge is 0.491 e. The fourth-order valence-electron chi connectivity index (χ4n) is 2.30. The third-order valence-electron chi connectivity index (χ3n) is 3.55. The third kappa shape index (κ3) is 7.46. The lowest BCUT2D eigenvalue weighted by Crippen LogP contribution is -2.36. The second-order valence-electron chi connectivity index (χ2n) is 5.51. The number of methoxy groups -OCH3 is 1. The van der Waals surface area contributed by atoms with Crippen LogP contribution in [0.3, 0.4) is 0 Å². The van der Waals surface area contributed by atoms with Crippen LogP contribution in [0, 0.1) is 13.8 Å². The van der Waals surface area contributed by atoms with E-state index >= 15 is 0 Å². The first kappa shape index (κ1) is 22.7. The molecular weight excluding hydrogens is 463 g/mol. The van der Waals surface area contributed by atoms with Crippen LogP contribution in [0.5, 0.6) is 5.75 Å². The zero-order valence-corrected chi connectivity index (χ0v) is 18.8. The molecule has 26 heavy (non-hydrogen) atoms. The van der Waals surface area contributed by atoms with Gasteiger partial charge in [0.15, 0.2) is 5.96 Å². The average molecular weight is 490 g/mol. The molecule has 0 aliphatic rings. The van der Waals surface area contributed by atoms with Crippen molar-refractivity contribution in [2.45, 2.75) is 26.9 Å². The Bertz CT molecular complexity index is 706. The Labute approximate surface area is 176 Å². The number of hydrogen-bond acceptors (Lipinski definition) is 5. The number of rotatable bonds is 8. The molecule has 0 saturated heterocycles. The second kappa shape index (κ2) is 12.1. The standard InChI is InChI=1S/C18H26N4O2S.HI/c1-13-17(25-14(2)22-13)12-21-18(19-3)20-11-15-6-5-7-16(10-15)24-9-8-23-4;/h5-7,10H,8-9,11-12H2,1-4H3,(H2,19,20,21);1H. The molecule has 2 rings (SSSR count). The summed E-state index contributed by atoms with van der Waals surface area (Å²) in [4.78, 5) is 9.94. The predicted octanol–water partition coefficient (Wildman–Crippen LogP) is 3.27. The van der Waals surface area contributed by atoms with Crippen molar-refractivity contribution >= 4 is 41.3 Å². The summed E-state index contributed by atoms with van der Waals surface area (Å²) >= 11 is 1.71. The van der Waals surface area contributed by atoms with Crippen LogP contribution >= 0.6 is 35.3 Å². The Morgan fingerprint density at radius 1 is 1.19 bits per heavy atom. The van der Waals surface area contributed by atoms with E-state index in [2.05, 4.69) is 26.7 Å². The van der Waals surface area contributed by atoms with Crippen LogP contribution in [-0.4, -0.2) is 38.3 Å². The molecule has 0 fully saturated rings. The molecule has 1 heterocycles. The van der Waals surface area contributed by atoms with Crippen LogP contribution in [0.25, 0.3) is 0 Å². The van der Waals surface area contributed by atoms with Crippen LogP contribution in [0.2, 0.25) is 0 Å². The predicted molar refractivity (Wildman–Crippen MR) is 118 cm³/mol. The monoisotopic (exact) mass is 490 g/mol. The van der Waals surface area contributed by atoms with Gasteiger partial charge >= 0.3 is 0 Å². The van der Waals surface area contributed by atoms with Crippen LogP contribution in [0.4, 0.5) is 0 Å². The lowest BCUT2D eigenvalue weighted by Gasteiger charge is -2.12. The number of halogens is 1. The van der Waals surface area contributed by atoms with Crippen molar-refractivity contribution in [1.29, 1.82) is 0 Å². The van der Waals surface area contributed by atoms with E-state index in [0.717, 1.165) is 34.5 Å². The number of thiazole rings is 1. The SMILES string of the molecule is CN=C(NCc1cccc(OCCOC)c1)NCc1sc(C)nc1C.I. The van der Waals surface area contributed by atoms with E-state index in [4.69, 9.17) is 9.47 Å². The fourth-order valence-corrected chi connectivity index (χ4v) is 3.17. The number of aryl methyl sites for hydroxylation is 2. The van der Waals surface area contributed by atoms with Gasteiger partial charge in [0, 0.05) is 25.6 Å². The van der Waals surface area contributed by atoms with Gasteiger partial charge in [-0.25, -0.2) is 4.98 Å². The molecule has 6 nitrogen and oxygen atoms in total. The van der Waals surface area contributed by atoms with E-state index in [1.165, 1.54) is 4.88 Å². The van der Waals surface area contributed by atoms with Gasteiger partial charge in [0.2, 0.25) is 0 Å². The Balaban J connectivity index is 0.00000338. The van der Waals surface area contributed by atoms with Crippen molar-refractivity contribution in [1.82, 2.24) is 15.6 Å². The number of nitrogens with one attached hydrogen (secondary N) is 2. The minimum absolute atomic E-state index is 0. The summed E-state index contributed by atoms with van der Waals surface area (Å²) < 4.78 is 10.6. The number of aromatic nitrogens is 1. The Morgan fingerprint density at radius 2 is 1.96 bits per heavy atom. The molecule has 0 amide bonds. The van der Waals surface area contributed by atoms with Gasteiger partial charge in [-0.1, -0.05) is 12.1 Å². The highest BCUT2D eigenvalue weighted by Crippen LogP contribution is 2.16. The van der Waals surface area contributed by atoms with Crippen LogP contribution in [-0.2, 0) is 17.8 Å². The molecule has 2 N–H and O–H groups in total. The lowest BCUT2D eigenvalue weighted by molar-refractivity contribution is 0.146. The van der Waals surface area contributed by atoms with Gasteiger partial charge in [0.25, 0.3) is 0 Å². The first-order valence-electron chi connectivity index (χ1n) is 8.20. The highest BCUT2D eigenvalue weighted by Gasteiger charge is 2.06. The molecule has 0 aliphatic heterocycles. The summed E-state index contributed by atoms with van der Waals surface area (Å²) in [5.74, 6) is 1.60. The summed E-state index contributed by atoms with van der Waals surface area (Å²) in [5.41, 5.74) is 2.20. The highest BCUT2D eigenvalue weighted by atomic mass is 127. The first-order chi connectivity index (χ1) is 12.1. The van der Waals surface area contributed by atoms with Crippen LogP contribution < -0.4 is 15.4 Å². The Hall–Kier alpha value is -1.39. The van der Waals surface area contributed by atoms with E-state index in [9.17, 15) is 0 Å². The van der Waals surface area contributed by atoms with Crippen molar-refractivity contribution in [3.05, 3.63) is 45.4 Å². The van der Waals surface area contributed by atoms with Crippen molar-refractivity contribution in [2.75, 3.05) is 27.4 Å². The molecule has 1 aromatic carbocycles. The molecule has 0 atom stereocenters. The number of hydrogen-bond donors (Lipinski definition) is 2. The van der Waals surface area contributed by atoms with Crippen LogP contribution in [0.1, 0.15) is 21.1 Å². The normalized spacial score (nSPS) is 11.0. The number of aliphatic imine (C=N–C) groups is 1. The maximum Gasteiger partial charge on any atom is 0.191 e. The summed E-state index contributed by atoms with van der Waals surface area (Å²) in [7, 11) is 3.43. The quantitative estimate of drug-likeness (QED) is 0.257. The van der Waals surface area contributed by atoms with Crippen LogP contribution in [0.15, 0.2) is 29.3 Å². The summed E-state index contributed by atoms with van der Waals surface area (Å²) in [6, 6.07) is 8.01. The minimum atomic E-state index is 0. The zero-order valence-electron chi connectivity index (χ0n) is 15.7. The molecule has 0 bridgehead atoms. The number of benzene rings is 1. The molecule has 144 valence electrons. The molecule has 8 heteroatoms. The number of nitrogens with zero attached hydrogens (tertiary/aromatic N) is 2. The Morgan fingerprint density at radius 3 is 2.62 bits per heavy atom. The summed E-state index contributed by atoms with van der Waals surface area (Å²) in [6.45, 7) is 6.57. The van der Waals surface area contributed by atoms with Gasteiger partial charge in [0.1, 0.15) is 12.4 Å². The highest BCUT2D eigenvalue weighted by molar-refractivity contribution is 14.0. The van der Waals surface area contributed by atoms with Gasteiger partial charge in [0.05, 0.1) is 23.9 Å². The van der Waals surface area contributed by atoms with Crippen molar-refractivity contribution in [3.63, 3.8) is 0 Å². The minimum Gasteiger partial charge on any atom is -0.491 e. The van der Waals surface area contributed by atoms with Gasteiger partial charge in [-0.05, 0) is 31.5 Å². The molecule has 1 aromatic heterocycles. The summed E-state index contributed by atoms with van der Waals surface area (Å²) in [5, 5.41) is 7.73. The maximum absolute atomic E-state index is 5.64. The molecule has 0 unspecified atom stereocenters. The van der Waals surface area contributed by atoms with E-state index < -0.39 is 0 Å². The van der Waals surface area contributed by atoms with Crippen molar-refractivity contribution < 1.29 is 9.47 Å². The zero-order chi connectivity index (χ0) is 18.1. The second-order valence-corrected chi connectivity index (χ2v) is 6.80. The fraction of sp³-hybridized carbons (Fsp3) is 0.444. The van der Waals surface area contributed by atoms with Crippen molar-refractivity contribution in [3.8, 4) is 5.75 Å². The van der Waals surface area contributed by atoms with E-state index in [0.29, 0.717) is 19.8 Å². The molecular formula is C18H27IN4O2S. The topological polar surface area (TPSA) is 67.8 Å². The van der Waals surface area contributed by atoms with Gasteiger partial charge in [-0.2, -0.15) is 0 Å². The van der Waals surface area contributed by atoms with Gasteiger partial charge in [-0.3, -0.25) is 4.99 Å². The molecule has 2 aromatic rings. The van der Waals surface area contributed by atoms with Gasteiger partial charge < -0.3 is 20.1 Å². The Kier molecular flexibility index (Phi) is 10.5. The molecule has 0 saturated carbocycles. The van der Waals surface area contributed by atoms with Crippen molar-refractivity contribution in [2.24, 2.45) is 4.99 Å². The smallest absolute Gasteiger partial charge is 0.191 e.